The first-order valence-electron chi connectivity index (χ1n) is 8.06. The molecule has 0 bridgehead atoms. The van der Waals surface area contributed by atoms with Crippen molar-refractivity contribution >= 4 is 34.0 Å². The number of carbonyl (C=O) groups is 1. The zero-order chi connectivity index (χ0) is 16.9. The second kappa shape index (κ2) is 9.25. The molecule has 1 saturated carbocycles. The Hall–Kier alpha value is -1.31. The molecule has 2 rings (SSSR count). The predicted molar refractivity (Wildman–Crippen MR) is 99.1 cm³/mol. The van der Waals surface area contributed by atoms with Crippen molar-refractivity contribution in [1.82, 2.24) is 5.32 Å². The minimum Gasteiger partial charge on any atom is -0.349 e. The number of nitrogens with two attached hydrogens (primary N) is 1. The third-order valence-corrected chi connectivity index (χ3v) is 5.47. The molecule has 1 aromatic carbocycles. The van der Waals surface area contributed by atoms with Crippen LogP contribution in [-0.4, -0.2) is 32.2 Å². The van der Waals surface area contributed by atoms with E-state index in [9.17, 15) is 13.2 Å². The number of nitrogens with one attached hydrogen (secondary N) is 2. The maximum atomic E-state index is 12.3. The summed E-state index contributed by atoms with van der Waals surface area (Å²) in [7, 11) is -3.36. The average Bonchev–Trinajstić information content (AvgIpc) is 2.49. The summed E-state index contributed by atoms with van der Waals surface area (Å²) >= 11 is 0. The van der Waals surface area contributed by atoms with Gasteiger partial charge in [0.05, 0.1) is 5.75 Å². The van der Waals surface area contributed by atoms with Crippen molar-refractivity contribution in [1.29, 1.82) is 0 Å². The number of halogens is 1. The fourth-order valence-electron chi connectivity index (χ4n) is 2.76. The lowest BCUT2D eigenvalue weighted by atomic mass is 9.91. The predicted octanol–water partition coefficient (Wildman–Crippen LogP) is 2.26. The largest absolute Gasteiger partial charge is 0.349 e. The van der Waals surface area contributed by atoms with Gasteiger partial charge in [0, 0.05) is 23.3 Å². The minimum atomic E-state index is -3.36. The van der Waals surface area contributed by atoms with E-state index in [1.165, 1.54) is 0 Å². The van der Waals surface area contributed by atoms with E-state index in [4.69, 9.17) is 5.73 Å². The van der Waals surface area contributed by atoms with Crippen molar-refractivity contribution in [2.24, 2.45) is 5.73 Å². The molecule has 1 aromatic rings. The number of hydrogen-bond donors (Lipinski definition) is 3. The molecule has 24 heavy (non-hydrogen) atoms. The molecule has 1 aliphatic rings. The highest BCUT2D eigenvalue weighted by Gasteiger charge is 2.20. The van der Waals surface area contributed by atoms with Crippen LogP contribution in [-0.2, 0) is 10.0 Å². The fraction of sp³-hybridized carbons (Fsp3) is 0.562. The number of hydrogen-bond acceptors (Lipinski definition) is 4. The Morgan fingerprint density at radius 1 is 1.25 bits per heavy atom. The van der Waals surface area contributed by atoms with Gasteiger partial charge in [-0.2, -0.15) is 0 Å². The van der Waals surface area contributed by atoms with E-state index in [1.807, 2.05) is 0 Å². The number of carbonyl (C=O) groups excluding carboxylic acids is 1. The van der Waals surface area contributed by atoms with Gasteiger partial charge in [-0.25, -0.2) is 8.42 Å². The highest BCUT2D eigenvalue weighted by atomic mass is 35.5. The van der Waals surface area contributed by atoms with Gasteiger partial charge < -0.3 is 11.1 Å². The summed E-state index contributed by atoms with van der Waals surface area (Å²) in [5, 5.41) is 3.00. The van der Waals surface area contributed by atoms with Gasteiger partial charge in [0.25, 0.3) is 5.91 Å². The highest BCUT2D eigenvalue weighted by Crippen LogP contribution is 2.18. The maximum Gasteiger partial charge on any atom is 0.251 e. The van der Waals surface area contributed by atoms with E-state index < -0.39 is 10.0 Å². The van der Waals surface area contributed by atoms with Crippen molar-refractivity contribution in [2.75, 3.05) is 10.5 Å². The lowest BCUT2D eigenvalue weighted by molar-refractivity contribution is 0.0926. The molecule has 0 aliphatic heterocycles. The summed E-state index contributed by atoms with van der Waals surface area (Å²) in [5.74, 6) is -0.117. The van der Waals surface area contributed by atoms with Crippen molar-refractivity contribution in [3.8, 4) is 0 Å². The van der Waals surface area contributed by atoms with Crippen LogP contribution in [0.4, 0.5) is 5.69 Å². The lowest BCUT2D eigenvalue weighted by Crippen LogP contribution is -2.40. The van der Waals surface area contributed by atoms with Crippen molar-refractivity contribution in [3.63, 3.8) is 0 Å². The second-order valence-electron chi connectivity index (χ2n) is 6.09. The molecule has 1 fully saturated rings. The molecular weight excluding hydrogens is 350 g/mol. The summed E-state index contributed by atoms with van der Waals surface area (Å²) in [5.41, 5.74) is 6.73. The van der Waals surface area contributed by atoms with Crippen LogP contribution in [0.25, 0.3) is 0 Å². The topological polar surface area (TPSA) is 101 Å². The Balaban J connectivity index is 0.00000288. The van der Waals surface area contributed by atoms with Gasteiger partial charge >= 0.3 is 0 Å². The first-order chi connectivity index (χ1) is 10.9. The van der Waals surface area contributed by atoms with Crippen LogP contribution in [0.1, 0.15) is 49.4 Å². The number of amides is 1. The maximum absolute atomic E-state index is 12.3. The number of rotatable bonds is 6. The van der Waals surface area contributed by atoms with E-state index in [0.717, 1.165) is 25.7 Å². The van der Waals surface area contributed by atoms with Gasteiger partial charge in [0.2, 0.25) is 10.0 Å². The van der Waals surface area contributed by atoms with Gasteiger partial charge in [0.1, 0.15) is 0 Å². The van der Waals surface area contributed by atoms with Crippen LogP contribution in [0.3, 0.4) is 0 Å². The van der Waals surface area contributed by atoms with Gasteiger partial charge in [-0.15, -0.1) is 12.4 Å². The zero-order valence-electron chi connectivity index (χ0n) is 13.8. The van der Waals surface area contributed by atoms with Crippen LogP contribution in [0, 0.1) is 0 Å². The second-order valence-corrected chi connectivity index (χ2v) is 7.93. The Morgan fingerprint density at radius 3 is 2.54 bits per heavy atom. The fourth-order valence-corrected chi connectivity index (χ4v) is 3.88. The van der Waals surface area contributed by atoms with Crippen LogP contribution in [0.5, 0.6) is 0 Å². The van der Waals surface area contributed by atoms with E-state index in [-0.39, 0.29) is 36.2 Å². The third kappa shape index (κ3) is 6.30. The molecule has 136 valence electrons. The van der Waals surface area contributed by atoms with Crippen LogP contribution in [0.15, 0.2) is 24.3 Å². The van der Waals surface area contributed by atoms with Gasteiger partial charge in [-0.3, -0.25) is 9.52 Å². The number of benzene rings is 1. The van der Waals surface area contributed by atoms with Gasteiger partial charge in [-0.1, -0.05) is 13.0 Å². The van der Waals surface area contributed by atoms with E-state index >= 15 is 0 Å². The zero-order valence-corrected chi connectivity index (χ0v) is 15.5. The van der Waals surface area contributed by atoms with E-state index in [2.05, 4.69) is 10.0 Å². The SMILES string of the molecule is CCCS(=O)(=O)Nc1cccc(C(=O)NC2CCC(N)CC2)c1.Cl. The smallest absolute Gasteiger partial charge is 0.251 e. The van der Waals surface area contributed by atoms with Crippen molar-refractivity contribution in [3.05, 3.63) is 29.8 Å². The molecule has 0 aromatic heterocycles. The summed E-state index contributed by atoms with van der Waals surface area (Å²) in [6.07, 6.45) is 4.15. The normalized spacial score (nSPS) is 20.8. The van der Waals surface area contributed by atoms with E-state index in [1.54, 1.807) is 31.2 Å². The minimum absolute atomic E-state index is 0. The molecule has 0 radical (unpaired) electrons. The van der Waals surface area contributed by atoms with E-state index in [0.29, 0.717) is 17.7 Å². The first kappa shape index (κ1) is 20.7. The molecule has 0 saturated heterocycles. The summed E-state index contributed by atoms with van der Waals surface area (Å²) in [6, 6.07) is 6.94. The number of anilines is 1. The standard InChI is InChI=1S/C16H25N3O3S.ClH/c1-2-10-23(21,22)19-15-5-3-4-12(11-15)16(20)18-14-8-6-13(17)7-9-14;/h3-5,11,13-14,19H,2,6-10,17H2,1H3,(H,18,20);1H. The Labute approximate surface area is 150 Å². The van der Waals surface area contributed by atoms with Crippen molar-refractivity contribution in [2.45, 2.75) is 51.1 Å². The highest BCUT2D eigenvalue weighted by molar-refractivity contribution is 7.92. The van der Waals surface area contributed by atoms with Crippen LogP contribution in [0.2, 0.25) is 0 Å². The molecular formula is C16H26ClN3O3S. The molecule has 8 heteroatoms. The Morgan fingerprint density at radius 2 is 1.92 bits per heavy atom. The van der Waals surface area contributed by atoms with Gasteiger partial charge in [-0.05, 0) is 50.3 Å². The number of sulfonamides is 1. The first-order valence-corrected chi connectivity index (χ1v) is 9.72. The summed E-state index contributed by atoms with van der Waals surface area (Å²) in [4.78, 5) is 12.3. The molecule has 0 unspecified atom stereocenters. The monoisotopic (exact) mass is 375 g/mol. The molecule has 0 spiro atoms. The molecule has 1 amide bonds. The van der Waals surface area contributed by atoms with Crippen LogP contribution >= 0.6 is 12.4 Å². The Kier molecular flexibility index (Phi) is 7.99. The van der Waals surface area contributed by atoms with Gasteiger partial charge in [0.15, 0.2) is 0 Å². The summed E-state index contributed by atoms with van der Waals surface area (Å²) in [6.45, 7) is 1.80. The Bertz CT molecular complexity index is 644. The molecule has 0 atom stereocenters. The quantitative estimate of drug-likeness (QED) is 0.709. The lowest BCUT2D eigenvalue weighted by Gasteiger charge is -2.26. The van der Waals surface area contributed by atoms with Crippen molar-refractivity contribution < 1.29 is 13.2 Å². The molecule has 1 aliphatic carbocycles. The molecule has 6 nitrogen and oxygen atoms in total. The molecule has 0 heterocycles. The van der Waals surface area contributed by atoms with Crippen LogP contribution < -0.4 is 15.8 Å². The summed E-state index contributed by atoms with van der Waals surface area (Å²) < 4.78 is 26.1. The average molecular weight is 376 g/mol. The molecule has 4 N–H and O–H groups in total. The third-order valence-electron chi connectivity index (χ3n) is 3.98.